The first-order chi connectivity index (χ1) is 11.9. The van der Waals surface area contributed by atoms with Gasteiger partial charge in [-0.2, -0.15) is 0 Å². The molecule has 0 aliphatic carbocycles. The summed E-state index contributed by atoms with van der Waals surface area (Å²) in [5.41, 5.74) is 1.93. The van der Waals surface area contributed by atoms with Crippen LogP contribution in [0.1, 0.15) is 18.5 Å². The van der Waals surface area contributed by atoms with Crippen molar-refractivity contribution in [3.8, 4) is 0 Å². The highest BCUT2D eigenvalue weighted by Crippen LogP contribution is 2.29. The second kappa shape index (κ2) is 6.94. The minimum Gasteiger partial charge on any atom is -0.327 e. The Hall–Kier alpha value is -2.86. The maximum Gasteiger partial charge on any atom is 0.319 e. The van der Waals surface area contributed by atoms with Crippen LogP contribution in [0.5, 0.6) is 0 Å². The summed E-state index contributed by atoms with van der Waals surface area (Å²) in [6.45, 7) is 1.65. The SMILES string of the molecule is CC1=C(C(=O)Nc2ccc(F)cc2)[C@@H](c2cccc(Cl)c2)NC(=O)N1. The fraction of sp³-hybridized carbons (Fsp3) is 0.111. The van der Waals surface area contributed by atoms with E-state index < -0.39 is 23.8 Å². The Kier molecular flexibility index (Phi) is 4.72. The van der Waals surface area contributed by atoms with Crippen molar-refractivity contribution < 1.29 is 14.0 Å². The largest absolute Gasteiger partial charge is 0.327 e. The normalized spacial score (nSPS) is 16.9. The van der Waals surface area contributed by atoms with Crippen molar-refractivity contribution in [1.29, 1.82) is 0 Å². The third kappa shape index (κ3) is 3.80. The number of carbonyl (C=O) groups is 2. The van der Waals surface area contributed by atoms with E-state index in [1.165, 1.54) is 24.3 Å². The van der Waals surface area contributed by atoms with E-state index in [0.29, 0.717) is 27.5 Å². The number of nitrogens with one attached hydrogen (secondary N) is 3. The van der Waals surface area contributed by atoms with Crippen LogP contribution in [-0.4, -0.2) is 11.9 Å². The lowest BCUT2D eigenvalue weighted by molar-refractivity contribution is -0.113. The van der Waals surface area contributed by atoms with Crippen molar-refractivity contribution in [2.75, 3.05) is 5.32 Å². The van der Waals surface area contributed by atoms with Crippen LogP contribution in [0.3, 0.4) is 0 Å². The molecule has 5 nitrogen and oxygen atoms in total. The van der Waals surface area contributed by atoms with Crippen LogP contribution in [0, 0.1) is 5.82 Å². The molecule has 25 heavy (non-hydrogen) atoms. The highest BCUT2D eigenvalue weighted by atomic mass is 35.5. The quantitative estimate of drug-likeness (QED) is 0.781. The fourth-order valence-electron chi connectivity index (χ4n) is 2.66. The van der Waals surface area contributed by atoms with Crippen LogP contribution >= 0.6 is 11.6 Å². The zero-order valence-electron chi connectivity index (χ0n) is 13.3. The molecule has 7 heteroatoms. The van der Waals surface area contributed by atoms with Crippen LogP contribution < -0.4 is 16.0 Å². The van der Waals surface area contributed by atoms with Gasteiger partial charge in [-0.3, -0.25) is 4.79 Å². The van der Waals surface area contributed by atoms with Gasteiger partial charge in [-0.25, -0.2) is 9.18 Å². The lowest BCUT2D eigenvalue weighted by Crippen LogP contribution is -2.45. The van der Waals surface area contributed by atoms with Crippen molar-refractivity contribution >= 4 is 29.2 Å². The average molecular weight is 360 g/mol. The highest BCUT2D eigenvalue weighted by Gasteiger charge is 2.31. The molecule has 1 aliphatic heterocycles. The molecule has 0 aromatic heterocycles. The van der Waals surface area contributed by atoms with E-state index in [1.54, 1.807) is 31.2 Å². The predicted molar refractivity (Wildman–Crippen MR) is 93.6 cm³/mol. The molecule has 0 saturated carbocycles. The number of carbonyl (C=O) groups excluding carboxylic acids is 2. The molecule has 0 radical (unpaired) electrons. The molecular formula is C18H15ClFN3O2. The monoisotopic (exact) mass is 359 g/mol. The van der Waals surface area contributed by atoms with Crippen LogP contribution in [0.15, 0.2) is 59.8 Å². The Bertz CT molecular complexity index is 865. The van der Waals surface area contributed by atoms with Crippen LogP contribution in [-0.2, 0) is 4.79 Å². The second-order valence-corrected chi connectivity index (χ2v) is 6.02. The van der Waals surface area contributed by atoms with Crippen molar-refractivity contribution in [2.24, 2.45) is 0 Å². The molecule has 0 spiro atoms. The van der Waals surface area contributed by atoms with E-state index in [4.69, 9.17) is 11.6 Å². The average Bonchev–Trinajstić information content (AvgIpc) is 2.56. The Morgan fingerprint density at radius 2 is 1.92 bits per heavy atom. The van der Waals surface area contributed by atoms with E-state index in [-0.39, 0.29) is 0 Å². The van der Waals surface area contributed by atoms with Gasteiger partial charge in [0.15, 0.2) is 0 Å². The van der Waals surface area contributed by atoms with Gasteiger partial charge in [-0.15, -0.1) is 0 Å². The summed E-state index contributed by atoms with van der Waals surface area (Å²) in [7, 11) is 0. The molecule has 0 unspecified atom stereocenters. The summed E-state index contributed by atoms with van der Waals surface area (Å²) in [5, 5.41) is 8.54. The summed E-state index contributed by atoms with van der Waals surface area (Å²) < 4.78 is 13.0. The smallest absolute Gasteiger partial charge is 0.319 e. The van der Waals surface area contributed by atoms with Crippen LogP contribution in [0.2, 0.25) is 5.02 Å². The van der Waals surface area contributed by atoms with Crippen molar-refractivity contribution in [3.63, 3.8) is 0 Å². The molecule has 2 aromatic carbocycles. The molecule has 1 aliphatic rings. The lowest BCUT2D eigenvalue weighted by atomic mass is 9.95. The van der Waals surface area contributed by atoms with Crippen molar-refractivity contribution in [3.05, 3.63) is 76.2 Å². The number of benzene rings is 2. The standard InChI is InChI=1S/C18H15ClFN3O2/c1-10-15(17(24)22-14-7-5-13(20)6-8-14)16(23-18(25)21-10)11-3-2-4-12(19)9-11/h2-9,16H,1H3,(H,22,24)(H2,21,23,25)/t16-/m1/s1. The molecule has 0 saturated heterocycles. The Balaban J connectivity index is 1.94. The zero-order chi connectivity index (χ0) is 18.0. The van der Waals surface area contributed by atoms with Crippen LogP contribution in [0.4, 0.5) is 14.9 Å². The number of halogens is 2. The Labute approximate surface area is 148 Å². The summed E-state index contributed by atoms with van der Waals surface area (Å²) in [6, 6.07) is 11.3. The first kappa shape index (κ1) is 17.0. The second-order valence-electron chi connectivity index (χ2n) is 5.59. The first-order valence-electron chi connectivity index (χ1n) is 7.54. The highest BCUT2D eigenvalue weighted by molar-refractivity contribution is 6.30. The van der Waals surface area contributed by atoms with Crippen molar-refractivity contribution in [2.45, 2.75) is 13.0 Å². The molecule has 2 aromatic rings. The fourth-order valence-corrected chi connectivity index (χ4v) is 2.86. The van der Waals surface area contributed by atoms with Gasteiger partial charge in [0.1, 0.15) is 5.82 Å². The van der Waals surface area contributed by atoms with Crippen LogP contribution in [0.25, 0.3) is 0 Å². The van der Waals surface area contributed by atoms with E-state index in [2.05, 4.69) is 16.0 Å². The number of urea groups is 1. The third-order valence-electron chi connectivity index (χ3n) is 3.80. The number of hydrogen-bond acceptors (Lipinski definition) is 2. The van der Waals surface area contributed by atoms with Gasteiger partial charge in [0.2, 0.25) is 0 Å². The van der Waals surface area contributed by atoms with Gasteiger partial charge in [0.25, 0.3) is 5.91 Å². The number of allylic oxidation sites excluding steroid dienone is 1. The minimum absolute atomic E-state index is 0.353. The topological polar surface area (TPSA) is 70.2 Å². The molecule has 3 N–H and O–H groups in total. The van der Waals surface area contributed by atoms with Gasteiger partial charge in [-0.1, -0.05) is 23.7 Å². The van der Waals surface area contributed by atoms with E-state index in [0.717, 1.165) is 0 Å². The maximum absolute atomic E-state index is 13.0. The molecule has 128 valence electrons. The van der Waals surface area contributed by atoms with E-state index in [9.17, 15) is 14.0 Å². The van der Waals surface area contributed by atoms with Gasteiger partial charge < -0.3 is 16.0 Å². The molecular weight excluding hydrogens is 345 g/mol. The van der Waals surface area contributed by atoms with Crippen molar-refractivity contribution in [1.82, 2.24) is 10.6 Å². The number of amides is 3. The Morgan fingerprint density at radius 1 is 1.20 bits per heavy atom. The van der Waals surface area contributed by atoms with Gasteiger partial charge in [0, 0.05) is 16.4 Å². The first-order valence-corrected chi connectivity index (χ1v) is 7.92. The molecule has 0 bridgehead atoms. The summed E-state index contributed by atoms with van der Waals surface area (Å²) in [5.74, 6) is -0.793. The third-order valence-corrected chi connectivity index (χ3v) is 4.03. The Morgan fingerprint density at radius 3 is 2.60 bits per heavy atom. The summed E-state index contributed by atoms with van der Waals surface area (Å²) >= 11 is 6.03. The van der Waals surface area contributed by atoms with E-state index in [1.807, 2.05) is 0 Å². The zero-order valence-corrected chi connectivity index (χ0v) is 14.0. The predicted octanol–water partition coefficient (Wildman–Crippen LogP) is 3.75. The molecule has 1 atom stereocenters. The number of rotatable bonds is 3. The van der Waals surface area contributed by atoms with Gasteiger partial charge in [0.05, 0.1) is 11.6 Å². The van der Waals surface area contributed by atoms with E-state index >= 15 is 0 Å². The molecule has 3 rings (SSSR count). The van der Waals surface area contributed by atoms with Gasteiger partial charge >= 0.3 is 6.03 Å². The number of hydrogen-bond donors (Lipinski definition) is 3. The molecule has 0 fully saturated rings. The molecule has 1 heterocycles. The minimum atomic E-state index is -0.645. The number of anilines is 1. The summed E-state index contributed by atoms with van der Waals surface area (Å²) in [4.78, 5) is 24.6. The van der Waals surface area contributed by atoms with Gasteiger partial charge in [-0.05, 0) is 48.9 Å². The maximum atomic E-state index is 13.0. The summed E-state index contributed by atoms with van der Waals surface area (Å²) in [6.07, 6.45) is 0. The lowest BCUT2D eigenvalue weighted by Gasteiger charge is -2.28. The molecule has 3 amide bonds.